The second-order valence-corrected chi connectivity index (χ2v) is 4.68. The first-order valence-corrected chi connectivity index (χ1v) is 5.85. The van der Waals surface area contributed by atoms with E-state index in [0.29, 0.717) is 11.7 Å². The van der Waals surface area contributed by atoms with E-state index in [1.165, 1.54) is 0 Å². The van der Waals surface area contributed by atoms with Crippen LogP contribution in [0.1, 0.15) is 19.3 Å². The quantitative estimate of drug-likeness (QED) is 0.790. The molecule has 2 aliphatic carbocycles. The smallest absolute Gasteiger partial charge is 0.167 e. The Bertz CT molecular complexity index is 390. The second-order valence-electron chi connectivity index (χ2n) is 4.68. The molecule has 3 heteroatoms. The summed E-state index contributed by atoms with van der Waals surface area (Å²) in [6.45, 7) is 0. The molecule has 2 fully saturated rings. The van der Waals surface area contributed by atoms with Crippen LogP contribution in [-0.2, 0) is 9.63 Å². The topological polar surface area (TPSA) is 38.3 Å². The largest absolute Gasteiger partial charge is 0.296 e. The van der Waals surface area contributed by atoms with Gasteiger partial charge in [-0.2, -0.15) is 0 Å². The molecule has 0 radical (unpaired) electrons. The lowest BCUT2D eigenvalue weighted by atomic mass is 9.97. The summed E-state index contributed by atoms with van der Waals surface area (Å²) in [6.07, 6.45) is 3.01. The van der Waals surface area contributed by atoms with Crippen molar-refractivity contribution < 1.29 is 9.63 Å². The van der Waals surface area contributed by atoms with Gasteiger partial charge in [0.25, 0.3) is 0 Å². The van der Waals surface area contributed by atoms with Gasteiger partial charge in [0.2, 0.25) is 0 Å². The number of fused-ring (bicyclic) bond motifs is 2. The van der Waals surface area contributed by atoms with Crippen LogP contribution in [0.4, 0.5) is 5.69 Å². The second kappa shape index (κ2) is 3.91. The predicted molar refractivity (Wildman–Crippen MR) is 60.8 cm³/mol. The Morgan fingerprint density at radius 1 is 1.19 bits per heavy atom. The van der Waals surface area contributed by atoms with Crippen LogP contribution in [0, 0.1) is 11.8 Å². The van der Waals surface area contributed by atoms with Gasteiger partial charge in [-0.15, -0.1) is 0 Å². The van der Waals surface area contributed by atoms with E-state index in [0.717, 1.165) is 24.9 Å². The van der Waals surface area contributed by atoms with E-state index in [4.69, 9.17) is 4.84 Å². The molecule has 0 spiro atoms. The van der Waals surface area contributed by atoms with Crippen molar-refractivity contribution in [3.8, 4) is 0 Å². The molecule has 3 rings (SSSR count). The molecular formula is C13H15NO2. The molecule has 0 aromatic heterocycles. The van der Waals surface area contributed by atoms with Gasteiger partial charge in [0.05, 0.1) is 5.69 Å². The van der Waals surface area contributed by atoms with E-state index >= 15 is 0 Å². The predicted octanol–water partition coefficient (Wildman–Crippen LogP) is 2.40. The van der Waals surface area contributed by atoms with E-state index in [-0.39, 0.29) is 12.0 Å². The molecule has 0 aliphatic heterocycles. The highest BCUT2D eigenvalue weighted by Crippen LogP contribution is 2.43. The number of anilines is 1. The summed E-state index contributed by atoms with van der Waals surface area (Å²) in [5.41, 5.74) is 3.78. The number of para-hydroxylation sites is 1. The molecule has 3 nitrogen and oxygen atoms in total. The molecule has 1 N–H and O–H groups in total. The highest BCUT2D eigenvalue weighted by molar-refractivity contribution is 5.89. The molecule has 2 bridgehead atoms. The Labute approximate surface area is 94.8 Å². The molecule has 2 saturated carbocycles. The van der Waals surface area contributed by atoms with Crippen molar-refractivity contribution >= 4 is 11.5 Å². The van der Waals surface area contributed by atoms with E-state index in [1.807, 2.05) is 30.3 Å². The highest BCUT2D eigenvalue weighted by atomic mass is 16.7. The first-order chi connectivity index (χ1) is 7.84. The van der Waals surface area contributed by atoms with E-state index in [2.05, 4.69) is 5.48 Å². The minimum atomic E-state index is -0.223. The molecule has 3 unspecified atom stereocenters. The first-order valence-electron chi connectivity index (χ1n) is 5.85. The number of Topliss-reactive ketones (excluding diaryl/α,β-unsaturated/α-hetero) is 1. The van der Waals surface area contributed by atoms with Crippen LogP contribution in [0.3, 0.4) is 0 Å². The van der Waals surface area contributed by atoms with Crippen molar-refractivity contribution in [3.63, 3.8) is 0 Å². The zero-order valence-electron chi connectivity index (χ0n) is 9.06. The van der Waals surface area contributed by atoms with Gasteiger partial charge in [0.15, 0.2) is 5.78 Å². The molecular weight excluding hydrogens is 202 g/mol. The number of hydrogen-bond donors (Lipinski definition) is 1. The summed E-state index contributed by atoms with van der Waals surface area (Å²) < 4.78 is 0. The van der Waals surface area contributed by atoms with Crippen molar-refractivity contribution in [1.82, 2.24) is 0 Å². The number of carbonyl (C=O) groups is 1. The van der Waals surface area contributed by atoms with Crippen molar-refractivity contribution in [3.05, 3.63) is 30.3 Å². The summed E-state index contributed by atoms with van der Waals surface area (Å²) >= 11 is 0. The molecule has 16 heavy (non-hydrogen) atoms. The third-order valence-electron chi connectivity index (χ3n) is 3.66. The number of carbonyl (C=O) groups excluding carboxylic acids is 1. The molecule has 1 aromatic rings. The van der Waals surface area contributed by atoms with Gasteiger partial charge in [0.1, 0.15) is 6.10 Å². The lowest BCUT2D eigenvalue weighted by molar-refractivity contribution is -0.132. The fourth-order valence-corrected chi connectivity index (χ4v) is 2.81. The van der Waals surface area contributed by atoms with E-state index in [1.54, 1.807) is 0 Å². The van der Waals surface area contributed by atoms with Crippen LogP contribution >= 0.6 is 0 Å². The van der Waals surface area contributed by atoms with Gasteiger partial charge < -0.3 is 0 Å². The fourth-order valence-electron chi connectivity index (χ4n) is 2.81. The summed E-state index contributed by atoms with van der Waals surface area (Å²) in [7, 11) is 0. The Morgan fingerprint density at radius 3 is 2.69 bits per heavy atom. The van der Waals surface area contributed by atoms with Crippen LogP contribution in [0.5, 0.6) is 0 Å². The number of hydrogen-bond acceptors (Lipinski definition) is 3. The Kier molecular flexibility index (Phi) is 2.40. The Morgan fingerprint density at radius 2 is 2.00 bits per heavy atom. The van der Waals surface area contributed by atoms with Gasteiger partial charge in [-0.3, -0.25) is 15.1 Å². The summed E-state index contributed by atoms with van der Waals surface area (Å²) in [5, 5.41) is 0. The Hall–Kier alpha value is -1.35. The minimum absolute atomic E-state index is 0.223. The van der Waals surface area contributed by atoms with Gasteiger partial charge in [0, 0.05) is 5.92 Å². The van der Waals surface area contributed by atoms with Crippen LogP contribution in [-0.4, -0.2) is 11.9 Å². The van der Waals surface area contributed by atoms with Crippen molar-refractivity contribution in [2.75, 3.05) is 5.48 Å². The molecule has 0 heterocycles. The van der Waals surface area contributed by atoms with Crippen molar-refractivity contribution in [2.24, 2.45) is 11.8 Å². The summed E-state index contributed by atoms with van der Waals surface area (Å²) in [6, 6.07) is 9.69. The molecule has 3 atom stereocenters. The standard InChI is InChI=1S/C13H15NO2/c15-12-9-6-7-10(8-9)13(12)16-14-11-4-2-1-3-5-11/h1-5,9-10,13-14H,6-8H2. The normalized spacial score (nSPS) is 32.0. The van der Waals surface area contributed by atoms with Gasteiger partial charge >= 0.3 is 0 Å². The summed E-state index contributed by atoms with van der Waals surface area (Å²) in [4.78, 5) is 17.4. The number of benzene rings is 1. The Balaban J connectivity index is 1.62. The molecule has 1 aromatic carbocycles. The van der Waals surface area contributed by atoms with Gasteiger partial charge in [-0.25, -0.2) is 0 Å². The van der Waals surface area contributed by atoms with Crippen molar-refractivity contribution in [2.45, 2.75) is 25.4 Å². The van der Waals surface area contributed by atoms with Gasteiger partial charge in [-0.1, -0.05) is 18.2 Å². The highest BCUT2D eigenvalue weighted by Gasteiger charge is 2.47. The summed E-state index contributed by atoms with van der Waals surface area (Å²) in [5.74, 6) is 1.00. The fraction of sp³-hybridized carbons (Fsp3) is 0.462. The van der Waals surface area contributed by atoms with Crippen LogP contribution < -0.4 is 5.48 Å². The maximum Gasteiger partial charge on any atom is 0.167 e. The number of rotatable bonds is 3. The average Bonchev–Trinajstić information content (AvgIpc) is 2.89. The molecule has 0 amide bonds. The van der Waals surface area contributed by atoms with Crippen LogP contribution in [0.25, 0.3) is 0 Å². The average molecular weight is 217 g/mol. The van der Waals surface area contributed by atoms with Gasteiger partial charge in [-0.05, 0) is 37.3 Å². The van der Waals surface area contributed by atoms with Crippen molar-refractivity contribution in [1.29, 1.82) is 0 Å². The maximum absolute atomic E-state index is 11.8. The van der Waals surface area contributed by atoms with Crippen LogP contribution in [0.2, 0.25) is 0 Å². The lowest BCUT2D eigenvalue weighted by Crippen LogP contribution is -2.32. The zero-order valence-corrected chi connectivity index (χ0v) is 9.06. The maximum atomic E-state index is 11.8. The van der Waals surface area contributed by atoms with E-state index < -0.39 is 0 Å². The molecule has 0 saturated heterocycles. The zero-order chi connectivity index (χ0) is 11.0. The lowest BCUT2D eigenvalue weighted by Gasteiger charge is -2.20. The number of ketones is 1. The minimum Gasteiger partial charge on any atom is -0.296 e. The molecule has 2 aliphatic rings. The monoisotopic (exact) mass is 217 g/mol. The van der Waals surface area contributed by atoms with Crippen LogP contribution in [0.15, 0.2) is 30.3 Å². The third kappa shape index (κ3) is 1.61. The first kappa shape index (κ1) is 9.85. The third-order valence-corrected chi connectivity index (χ3v) is 3.66. The SMILES string of the molecule is O=C1C2CCC(C2)C1ONc1ccccc1. The molecule has 84 valence electrons. The van der Waals surface area contributed by atoms with E-state index in [9.17, 15) is 4.79 Å². The number of nitrogens with one attached hydrogen (secondary N) is 1.